The molecule has 1 rings (SSSR count). The Bertz CT molecular complexity index is 357. The summed E-state index contributed by atoms with van der Waals surface area (Å²) in [6.45, 7) is -3.36. The van der Waals surface area contributed by atoms with Gasteiger partial charge in [0.25, 0.3) is 0 Å². The smallest absolute Gasteiger partial charge is 0.422 e. The molecule has 0 heterocycles. The molecule has 1 aliphatic carbocycles. The summed E-state index contributed by atoms with van der Waals surface area (Å²) in [5.74, 6) is -3.60. The minimum absolute atomic E-state index is 0.0719. The highest BCUT2D eigenvalue weighted by Crippen LogP contribution is 2.31. The minimum atomic E-state index is -4.62. The second-order valence-corrected chi connectivity index (χ2v) is 4.99. The van der Waals surface area contributed by atoms with Gasteiger partial charge in [0.1, 0.15) is 0 Å². The van der Waals surface area contributed by atoms with Gasteiger partial charge >= 0.3 is 24.3 Å². The van der Waals surface area contributed by atoms with Gasteiger partial charge in [-0.1, -0.05) is 0 Å². The van der Waals surface area contributed by atoms with Crippen LogP contribution >= 0.6 is 0 Å². The van der Waals surface area contributed by atoms with Crippen molar-refractivity contribution in [3.63, 3.8) is 0 Å². The van der Waals surface area contributed by atoms with Crippen molar-refractivity contribution in [2.45, 2.75) is 38.0 Å². The fraction of sp³-hybridized carbons (Fsp3) is 0.833. The van der Waals surface area contributed by atoms with E-state index in [2.05, 4.69) is 9.47 Å². The van der Waals surface area contributed by atoms with Gasteiger partial charge in [-0.15, -0.1) is 0 Å². The lowest BCUT2D eigenvalue weighted by atomic mass is 9.82. The van der Waals surface area contributed by atoms with Gasteiger partial charge in [-0.3, -0.25) is 9.59 Å². The first-order chi connectivity index (χ1) is 9.98. The molecule has 4 nitrogen and oxygen atoms in total. The molecule has 1 saturated carbocycles. The maximum absolute atomic E-state index is 11.9. The Morgan fingerprint density at radius 2 is 1.00 bits per heavy atom. The summed E-state index contributed by atoms with van der Waals surface area (Å²) in [6, 6.07) is 0. The van der Waals surface area contributed by atoms with E-state index in [1.54, 1.807) is 0 Å². The third-order valence-corrected chi connectivity index (χ3v) is 3.15. The molecule has 0 amide bonds. The standard InChI is InChI=1S/C12H14F6O4/c13-11(14,15)5-21-9(19)7-1-2-8(4-3-7)10(20)22-6-12(16,17)18/h7-8H,1-6H2. The van der Waals surface area contributed by atoms with E-state index < -0.39 is 49.3 Å². The number of alkyl halides is 6. The Labute approximate surface area is 121 Å². The van der Waals surface area contributed by atoms with Crippen molar-refractivity contribution in [1.29, 1.82) is 0 Å². The molecule has 128 valence electrons. The molecular formula is C12H14F6O4. The SMILES string of the molecule is O=C(OCC(F)(F)F)C1CCC(C(=O)OCC(F)(F)F)CC1. The molecular weight excluding hydrogens is 322 g/mol. The van der Waals surface area contributed by atoms with Gasteiger partial charge in [0.15, 0.2) is 13.2 Å². The van der Waals surface area contributed by atoms with Crippen LogP contribution in [0.25, 0.3) is 0 Å². The zero-order chi connectivity index (χ0) is 17.0. The highest BCUT2D eigenvalue weighted by atomic mass is 19.4. The van der Waals surface area contributed by atoms with Crippen molar-refractivity contribution in [1.82, 2.24) is 0 Å². The van der Waals surface area contributed by atoms with Crippen LogP contribution in [-0.4, -0.2) is 37.5 Å². The number of hydrogen-bond donors (Lipinski definition) is 0. The molecule has 1 aliphatic rings. The average Bonchev–Trinajstić information content (AvgIpc) is 2.40. The fourth-order valence-electron chi connectivity index (χ4n) is 2.11. The molecule has 0 saturated heterocycles. The van der Waals surface area contributed by atoms with E-state index in [0.29, 0.717) is 0 Å². The number of halogens is 6. The molecule has 1 fully saturated rings. The lowest BCUT2D eigenvalue weighted by Gasteiger charge is -2.26. The lowest BCUT2D eigenvalue weighted by Crippen LogP contribution is -2.31. The predicted octanol–water partition coefficient (Wildman–Crippen LogP) is 3.00. The number of carbonyl (C=O) groups is 2. The third kappa shape index (κ3) is 6.99. The van der Waals surface area contributed by atoms with Crippen molar-refractivity contribution in [2.75, 3.05) is 13.2 Å². The second-order valence-electron chi connectivity index (χ2n) is 4.99. The van der Waals surface area contributed by atoms with Crippen LogP contribution < -0.4 is 0 Å². The molecule has 0 bridgehead atoms. The van der Waals surface area contributed by atoms with E-state index in [0.717, 1.165) is 0 Å². The third-order valence-electron chi connectivity index (χ3n) is 3.15. The van der Waals surface area contributed by atoms with Gasteiger partial charge in [-0.05, 0) is 25.7 Å². The molecule has 0 aromatic heterocycles. The van der Waals surface area contributed by atoms with Gasteiger partial charge in [0.2, 0.25) is 0 Å². The van der Waals surface area contributed by atoms with Crippen LogP contribution in [0.5, 0.6) is 0 Å². The van der Waals surface area contributed by atoms with Crippen molar-refractivity contribution in [2.24, 2.45) is 11.8 Å². The monoisotopic (exact) mass is 336 g/mol. The highest BCUT2D eigenvalue weighted by Gasteiger charge is 2.36. The molecule has 0 N–H and O–H groups in total. The average molecular weight is 336 g/mol. The first-order valence-corrected chi connectivity index (χ1v) is 6.45. The van der Waals surface area contributed by atoms with E-state index >= 15 is 0 Å². The normalized spacial score (nSPS) is 23.0. The summed E-state index contributed by atoms with van der Waals surface area (Å²) in [6.07, 6.45) is -8.95. The molecule has 0 aliphatic heterocycles. The Kier molecular flexibility index (Phi) is 6.07. The van der Waals surface area contributed by atoms with Gasteiger partial charge < -0.3 is 9.47 Å². The maximum Gasteiger partial charge on any atom is 0.422 e. The predicted molar refractivity (Wildman–Crippen MR) is 59.5 cm³/mol. The van der Waals surface area contributed by atoms with Crippen molar-refractivity contribution in [3.05, 3.63) is 0 Å². The Morgan fingerprint density at radius 3 is 1.23 bits per heavy atom. The quantitative estimate of drug-likeness (QED) is 0.585. The minimum Gasteiger partial charge on any atom is -0.456 e. The molecule has 0 radical (unpaired) electrons. The molecule has 0 atom stereocenters. The van der Waals surface area contributed by atoms with Crippen LogP contribution in [0.4, 0.5) is 26.3 Å². The van der Waals surface area contributed by atoms with E-state index in [-0.39, 0.29) is 25.7 Å². The summed E-state index contributed by atoms with van der Waals surface area (Å²) < 4.78 is 79.6. The number of hydrogen-bond acceptors (Lipinski definition) is 4. The van der Waals surface area contributed by atoms with Crippen LogP contribution in [0.2, 0.25) is 0 Å². The second kappa shape index (κ2) is 7.19. The summed E-state index contributed by atoms with van der Waals surface area (Å²) >= 11 is 0. The fourth-order valence-corrected chi connectivity index (χ4v) is 2.11. The first-order valence-electron chi connectivity index (χ1n) is 6.45. The van der Waals surface area contributed by atoms with Gasteiger partial charge in [0.05, 0.1) is 11.8 Å². The van der Waals surface area contributed by atoms with Crippen molar-refractivity contribution in [3.8, 4) is 0 Å². The largest absolute Gasteiger partial charge is 0.456 e. The Balaban J connectivity index is 2.33. The van der Waals surface area contributed by atoms with E-state index in [1.165, 1.54) is 0 Å². The number of carbonyl (C=O) groups excluding carboxylic acids is 2. The molecule has 10 heteroatoms. The molecule has 0 spiro atoms. The van der Waals surface area contributed by atoms with Crippen LogP contribution in [0.15, 0.2) is 0 Å². The summed E-state index contributed by atoms with van der Waals surface area (Å²) in [7, 11) is 0. The van der Waals surface area contributed by atoms with Gasteiger partial charge in [-0.2, -0.15) is 26.3 Å². The topological polar surface area (TPSA) is 52.6 Å². The number of ether oxygens (including phenoxy) is 2. The summed E-state index contributed by atoms with van der Waals surface area (Å²) in [5, 5.41) is 0. The summed E-state index contributed by atoms with van der Waals surface area (Å²) in [4.78, 5) is 22.8. The number of esters is 2. The lowest BCUT2D eigenvalue weighted by molar-refractivity contribution is -0.192. The number of rotatable bonds is 4. The first kappa shape index (κ1) is 18.6. The molecule has 22 heavy (non-hydrogen) atoms. The zero-order valence-electron chi connectivity index (χ0n) is 11.3. The van der Waals surface area contributed by atoms with Gasteiger partial charge in [0, 0.05) is 0 Å². The van der Waals surface area contributed by atoms with E-state index in [1.807, 2.05) is 0 Å². The Morgan fingerprint density at radius 1 is 0.727 bits per heavy atom. The van der Waals surface area contributed by atoms with E-state index in [9.17, 15) is 35.9 Å². The van der Waals surface area contributed by atoms with Gasteiger partial charge in [-0.25, -0.2) is 0 Å². The van der Waals surface area contributed by atoms with Crippen LogP contribution in [0, 0.1) is 11.8 Å². The molecule has 0 unspecified atom stereocenters. The molecule has 0 aromatic rings. The van der Waals surface area contributed by atoms with Crippen LogP contribution in [-0.2, 0) is 19.1 Å². The van der Waals surface area contributed by atoms with Crippen LogP contribution in [0.1, 0.15) is 25.7 Å². The Hall–Kier alpha value is -1.48. The van der Waals surface area contributed by atoms with E-state index in [4.69, 9.17) is 0 Å². The molecule has 0 aromatic carbocycles. The van der Waals surface area contributed by atoms with Crippen molar-refractivity contribution >= 4 is 11.9 Å². The summed E-state index contributed by atoms with van der Waals surface area (Å²) in [5.41, 5.74) is 0. The van der Waals surface area contributed by atoms with Crippen molar-refractivity contribution < 1.29 is 45.4 Å². The zero-order valence-corrected chi connectivity index (χ0v) is 11.3. The maximum atomic E-state index is 11.9. The highest BCUT2D eigenvalue weighted by molar-refractivity contribution is 5.75. The van der Waals surface area contributed by atoms with Crippen LogP contribution in [0.3, 0.4) is 0 Å².